The van der Waals surface area contributed by atoms with E-state index in [0.29, 0.717) is 60.6 Å². The second-order valence-corrected chi connectivity index (χ2v) is 12.6. The highest BCUT2D eigenvalue weighted by Gasteiger charge is 2.35. The van der Waals surface area contributed by atoms with E-state index in [2.05, 4.69) is 35.4 Å². The first-order chi connectivity index (χ1) is 21.4. The molecule has 0 radical (unpaired) electrons. The van der Waals surface area contributed by atoms with Gasteiger partial charge in [-0.05, 0) is 57.4 Å². The predicted octanol–water partition coefficient (Wildman–Crippen LogP) is 8.13. The van der Waals surface area contributed by atoms with Crippen molar-refractivity contribution < 1.29 is 24.1 Å². The third kappa shape index (κ3) is 8.17. The quantitative estimate of drug-likeness (QED) is 0.118. The number of anilines is 1. The van der Waals surface area contributed by atoms with E-state index in [4.69, 9.17) is 4.74 Å². The number of piperidine rings is 1. The molecule has 3 atom stereocenters. The van der Waals surface area contributed by atoms with Gasteiger partial charge in [0.25, 0.3) is 6.43 Å². The van der Waals surface area contributed by atoms with E-state index < -0.39 is 24.7 Å². The number of likely N-dealkylation sites (tertiary alicyclic amines) is 1. The van der Waals surface area contributed by atoms with Crippen molar-refractivity contribution in [1.29, 1.82) is 0 Å². The number of halogens is 3. The van der Waals surface area contributed by atoms with Crippen LogP contribution in [0.2, 0.25) is 0 Å². The summed E-state index contributed by atoms with van der Waals surface area (Å²) < 4.78 is 49.5. The van der Waals surface area contributed by atoms with E-state index in [0.717, 1.165) is 15.6 Å². The van der Waals surface area contributed by atoms with Crippen LogP contribution in [-0.4, -0.2) is 73.7 Å². The Morgan fingerprint density at radius 1 is 1.20 bits per heavy atom. The number of benzene rings is 1. The Hall–Kier alpha value is -3.59. The fraction of sp³-hybridized carbons (Fsp3) is 0.457. The van der Waals surface area contributed by atoms with E-state index in [1.54, 1.807) is 43.5 Å². The first kappa shape index (κ1) is 35.9. The molecule has 2 heterocycles. The summed E-state index contributed by atoms with van der Waals surface area (Å²) in [5, 5.41) is 0.838. The van der Waals surface area contributed by atoms with Crippen LogP contribution in [0.5, 0.6) is 0 Å². The molecule has 45 heavy (non-hydrogen) atoms. The maximum Gasteiger partial charge on any atom is 0.262 e. The Balaban J connectivity index is 0.00000736. The fourth-order valence-corrected chi connectivity index (χ4v) is 6.82. The zero-order chi connectivity index (χ0) is 33.4. The van der Waals surface area contributed by atoms with Crippen molar-refractivity contribution >= 4 is 28.5 Å². The van der Waals surface area contributed by atoms with E-state index in [1.807, 2.05) is 18.7 Å². The van der Waals surface area contributed by atoms with Crippen LogP contribution >= 0.6 is 11.3 Å². The molecule has 1 aromatic heterocycles. The highest BCUT2D eigenvalue weighted by atomic mass is 32.1. The number of rotatable bonds is 14. The van der Waals surface area contributed by atoms with Crippen LogP contribution in [-0.2, 0) is 9.53 Å². The van der Waals surface area contributed by atoms with Crippen LogP contribution in [0, 0.1) is 19.8 Å². The lowest BCUT2D eigenvalue weighted by Crippen LogP contribution is -2.43. The summed E-state index contributed by atoms with van der Waals surface area (Å²) >= 11 is 1.51. The molecule has 2 aromatic rings. The van der Waals surface area contributed by atoms with Crippen LogP contribution in [0.25, 0.3) is 5.57 Å². The van der Waals surface area contributed by atoms with Gasteiger partial charge in [-0.15, -0.1) is 23.6 Å². The Labute approximate surface area is 271 Å². The molecule has 6 nitrogen and oxygen atoms in total. The van der Waals surface area contributed by atoms with E-state index in [-0.39, 0.29) is 13.3 Å². The average Bonchev–Trinajstić information content (AvgIpc) is 3.36. The molecule has 1 saturated heterocycles. The van der Waals surface area contributed by atoms with Gasteiger partial charge in [0.15, 0.2) is 0 Å². The van der Waals surface area contributed by atoms with Gasteiger partial charge in [-0.1, -0.05) is 31.4 Å². The lowest BCUT2D eigenvalue weighted by atomic mass is 9.93. The number of amides is 1. The summed E-state index contributed by atoms with van der Waals surface area (Å²) in [4.78, 5) is 24.1. The molecule has 1 aliphatic rings. The van der Waals surface area contributed by atoms with Gasteiger partial charge in [-0.2, -0.15) is 0 Å². The monoisotopic (exact) mass is 644 g/mol. The summed E-state index contributed by atoms with van der Waals surface area (Å²) in [5.41, 5.74) is 6.62. The number of carbonyl (C=O) groups is 1. The maximum atomic E-state index is 14.8. The molecule has 3 rings (SSSR count). The molecule has 0 aliphatic carbocycles. The first-order valence-electron chi connectivity index (χ1n) is 15.0. The second kappa shape index (κ2) is 16.1. The van der Waals surface area contributed by atoms with Crippen LogP contribution in [0.1, 0.15) is 54.8 Å². The minimum absolute atomic E-state index is 0. The number of allylic oxidation sites excluding steroid dienone is 2. The molecule has 0 N–H and O–H groups in total. The zero-order valence-electron chi connectivity index (χ0n) is 27.2. The third-order valence-corrected chi connectivity index (χ3v) is 9.22. The van der Waals surface area contributed by atoms with Crippen molar-refractivity contribution in [3.63, 3.8) is 0 Å². The number of aryl methyl sites for hydroxylation is 2. The number of ether oxygens (including phenoxy) is 1. The van der Waals surface area contributed by atoms with Crippen molar-refractivity contribution in [1.82, 2.24) is 14.8 Å². The van der Waals surface area contributed by atoms with Gasteiger partial charge in [0.05, 0.1) is 16.4 Å². The van der Waals surface area contributed by atoms with E-state index in [1.165, 1.54) is 37.3 Å². The van der Waals surface area contributed by atoms with Gasteiger partial charge >= 0.3 is 0 Å². The molecule has 1 aromatic carbocycles. The smallest absolute Gasteiger partial charge is 0.262 e. The molecule has 0 saturated carbocycles. The molecule has 2 unspecified atom stereocenters. The topological polar surface area (TPSA) is 48.9 Å². The molecule has 10 heteroatoms. The minimum atomic E-state index is -2.79. The van der Waals surface area contributed by atoms with Crippen molar-refractivity contribution in [2.75, 3.05) is 39.2 Å². The molecule has 0 spiro atoms. The second-order valence-electron chi connectivity index (χ2n) is 11.2. The lowest BCUT2D eigenvalue weighted by molar-refractivity contribution is -0.141. The average molecular weight is 645 g/mol. The van der Waals surface area contributed by atoms with Crippen molar-refractivity contribution in [3.8, 4) is 0 Å². The summed E-state index contributed by atoms with van der Waals surface area (Å²) in [5.74, 6) is -0.647. The van der Waals surface area contributed by atoms with Gasteiger partial charge in [0, 0.05) is 69.9 Å². The standard InChI is InChI=1S/C35H45F3N4O2S.H2/c1-10-13-27(11-2)42-20-18-26(19-21-42)35(43)41(8)32(34(37)38)25-14-16-28(17-15-25)40(7)29(12-3)30(33(44-9)22(4)36)31-23(5)45-24(6)39-31;/h10,12,14-17,22,26,32-34H,1-3,13,18-21H2,4-9H3;1H/b30-29-;/t22?,32-,33?;/m0./s1. The van der Waals surface area contributed by atoms with Gasteiger partial charge in [0.1, 0.15) is 18.3 Å². The predicted molar refractivity (Wildman–Crippen MR) is 180 cm³/mol. The first-order valence-corrected chi connectivity index (χ1v) is 15.8. The highest BCUT2D eigenvalue weighted by molar-refractivity contribution is 7.11. The normalized spacial score (nSPS) is 16.4. The Morgan fingerprint density at radius 2 is 1.82 bits per heavy atom. The van der Waals surface area contributed by atoms with Gasteiger partial charge < -0.3 is 19.4 Å². The number of nitrogens with zero attached hydrogens (tertiary/aromatic N) is 4. The van der Waals surface area contributed by atoms with Crippen LogP contribution < -0.4 is 4.90 Å². The summed E-state index contributed by atoms with van der Waals surface area (Å²) in [7, 11) is 4.70. The molecule has 0 bridgehead atoms. The van der Waals surface area contributed by atoms with Gasteiger partial charge in [-0.25, -0.2) is 18.2 Å². The fourth-order valence-electron chi connectivity index (χ4n) is 5.99. The number of alkyl halides is 3. The number of hydrogen-bond acceptors (Lipinski definition) is 6. The number of methoxy groups -OCH3 is 1. The molecule has 1 aliphatic heterocycles. The van der Waals surface area contributed by atoms with Crippen molar-refractivity contribution in [2.24, 2.45) is 5.92 Å². The van der Waals surface area contributed by atoms with Crippen LogP contribution in [0.3, 0.4) is 0 Å². The Kier molecular flexibility index (Phi) is 12.8. The van der Waals surface area contributed by atoms with Crippen molar-refractivity contribution in [3.05, 3.63) is 94.4 Å². The molecular weight excluding hydrogens is 597 g/mol. The summed E-state index contributed by atoms with van der Waals surface area (Å²) in [6, 6.07) is 5.23. The Morgan fingerprint density at radius 3 is 2.27 bits per heavy atom. The highest BCUT2D eigenvalue weighted by Crippen LogP contribution is 2.36. The molecular formula is C35H47F3N4O2S. The molecule has 1 amide bonds. The number of thiazole rings is 1. The minimum Gasteiger partial charge on any atom is -0.374 e. The summed E-state index contributed by atoms with van der Waals surface area (Å²) in [6.45, 7) is 18.0. The molecule has 1 fully saturated rings. The van der Waals surface area contributed by atoms with Gasteiger partial charge in [-0.3, -0.25) is 4.79 Å². The lowest BCUT2D eigenvalue weighted by Gasteiger charge is -2.37. The third-order valence-electron chi connectivity index (χ3n) is 8.34. The maximum absolute atomic E-state index is 14.8. The van der Waals surface area contributed by atoms with Gasteiger partial charge in [0.2, 0.25) is 5.91 Å². The van der Waals surface area contributed by atoms with Crippen LogP contribution in [0.4, 0.5) is 18.9 Å². The van der Waals surface area contributed by atoms with E-state index in [9.17, 15) is 18.0 Å². The summed E-state index contributed by atoms with van der Waals surface area (Å²) in [6.07, 6.45) is 0.128. The SMILES string of the molecule is C=C=C(CC=C)N1CCC(C(=O)N(C)[C@@H](c2ccc(N(C)/C(C=C)=C(/c3nc(C)sc3C)C(OC)C(C)F)cc2)C(F)F)CC1.[HH]. The number of carbonyl (C=O) groups excluding carboxylic acids is 1. The van der Waals surface area contributed by atoms with Crippen molar-refractivity contribution in [2.45, 2.75) is 64.8 Å². The Bertz CT molecular complexity index is 1430. The largest absolute Gasteiger partial charge is 0.374 e. The number of likely N-dealkylation sites (N-methyl/N-ethyl adjacent to an activating group) is 1. The number of aromatic nitrogens is 1. The number of hydrogen-bond donors (Lipinski definition) is 0. The molecule has 246 valence electrons. The van der Waals surface area contributed by atoms with Crippen LogP contribution in [0.15, 0.2) is 73.3 Å². The zero-order valence-corrected chi connectivity index (χ0v) is 28.0. The van der Waals surface area contributed by atoms with E-state index >= 15 is 0 Å².